The second-order valence-electron chi connectivity index (χ2n) is 5.52. The van der Waals surface area contributed by atoms with Gasteiger partial charge in [-0.05, 0) is 24.8 Å². The lowest BCUT2D eigenvalue weighted by Crippen LogP contribution is -2.32. The van der Waals surface area contributed by atoms with Crippen LogP contribution in [0, 0.1) is 0 Å². The van der Waals surface area contributed by atoms with Gasteiger partial charge in [0.15, 0.2) is 0 Å². The van der Waals surface area contributed by atoms with Crippen LogP contribution in [0.1, 0.15) is 57.1 Å². The van der Waals surface area contributed by atoms with E-state index in [2.05, 4.69) is 42.2 Å². The molecule has 0 radical (unpaired) electrons. The van der Waals surface area contributed by atoms with Crippen LogP contribution >= 0.6 is 0 Å². The highest BCUT2D eigenvalue weighted by Crippen LogP contribution is 2.24. The SMILES string of the molecule is CCCCC(OCN1CCCCC1)c1ccccc1. The van der Waals surface area contributed by atoms with Gasteiger partial charge in [-0.25, -0.2) is 0 Å². The van der Waals surface area contributed by atoms with Gasteiger partial charge in [0, 0.05) is 13.1 Å². The van der Waals surface area contributed by atoms with Crippen molar-refractivity contribution in [2.45, 2.75) is 51.6 Å². The Morgan fingerprint density at radius 3 is 2.53 bits per heavy atom. The first-order valence-electron chi connectivity index (χ1n) is 7.79. The highest BCUT2D eigenvalue weighted by atomic mass is 16.5. The minimum Gasteiger partial charge on any atom is -0.358 e. The molecule has 1 saturated heterocycles. The lowest BCUT2D eigenvalue weighted by atomic mass is 10.0. The van der Waals surface area contributed by atoms with E-state index in [1.54, 1.807) is 0 Å². The second kappa shape index (κ2) is 8.34. The Labute approximate surface area is 117 Å². The topological polar surface area (TPSA) is 12.5 Å². The van der Waals surface area contributed by atoms with Crippen molar-refractivity contribution >= 4 is 0 Å². The van der Waals surface area contributed by atoms with Gasteiger partial charge >= 0.3 is 0 Å². The smallest absolute Gasteiger partial charge is 0.0998 e. The number of ether oxygens (including phenoxy) is 1. The van der Waals surface area contributed by atoms with Crippen LogP contribution in [0.2, 0.25) is 0 Å². The van der Waals surface area contributed by atoms with E-state index in [-0.39, 0.29) is 6.10 Å². The second-order valence-corrected chi connectivity index (χ2v) is 5.52. The van der Waals surface area contributed by atoms with Crippen LogP contribution in [-0.4, -0.2) is 24.7 Å². The summed E-state index contributed by atoms with van der Waals surface area (Å²) in [5.41, 5.74) is 1.33. The van der Waals surface area contributed by atoms with Gasteiger partial charge in [-0.3, -0.25) is 4.90 Å². The van der Waals surface area contributed by atoms with Gasteiger partial charge in [-0.2, -0.15) is 0 Å². The molecule has 2 heteroatoms. The number of unbranched alkanes of at least 4 members (excludes halogenated alkanes) is 1. The first-order valence-corrected chi connectivity index (χ1v) is 7.79. The number of likely N-dealkylation sites (tertiary alicyclic amines) is 1. The Morgan fingerprint density at radius 2 is 1.84 bits per heavy atom. The third-order valence-electron chi connectivity index (χ3n) is 3.90. The molecule has 0 amide bonds. The number of hydrogen-bond acceptors (Lipinski definition) is 2. The van der Waals surface area contributed by atoms with Crippen LogP contribution < -0.4 is 0 Å². The lowest BCUT2D eigenvalue weighted by molar-refractivity contribution is -0.0345. The summed E-state index contributed by atoms with van der Waals surface area (Å²) in [6.07, 6.45) is 7.91. The number of rotatable bonds is 7. The molecule has 1 atom stereocenters. The molecule has 1 aromatic carbocycles. The van der Waals surface area contributed by atoms with Crippen molar-refractivity contribution in [3.8, 4) is 0 Å². The van der Waals surface area contributed by atoms with Crippen LogP contribution in [0.3, 0.4) is 0 Å². The van der Waals surface area contributed by atoms with Crippen LogP contribution in [-0.2, 0) is 4.74 Å². The van der Waals surface area contributed by atoms with E-state index < -0.39 is 0 Å². The molecule has 1 aliphatic heterocycles. The van der Waals surface area contributed by atoms with Crippen molar-refractivity contribution < 1.29 is 4.74 Å². The number of benzene rings is 1. The minimum absolute atomic E-state index is 0.267. The van der Waals surface area contributed by atoms with Gasteiger partial charge in [0.2, 0.25) is 0 Å². The largest absolute Gasteiger partial charge is 0.358 e. The zero-order valence-electron chi connectivity index (χ0n) is 12.2. The molecule has 0 bridgehead atoms. The van der Waals surface area contributed by atoms with Crippen molar-refractivity contribution in [2.24, 2.45) is 0 Å². The Hall–Kier alpha value is -0.860. The van der Waals surface area contributed by atoms with Crippen molar-refractivity contribution in [3.63, 3.8) is 0 Å². The van der Waals surface area contributed by atoms with Crippen LogP contribution in [0.4, 0.5) is 0 Å². The predicted octanol–water partition coefficient (Wildman–Crippen LogP) is 4.38. The number of nitrogens with zero attached hydrogens (tertiary/aromatic N) is 1. The van der Waals surface area contributed by atoms with E-state index in [1.807, 2.05) is 0 Å². The van der Waals surface area contributed by atoms with E-state index in [1.165, 1.54) is 50.8 Å². The molecule has 1 aromatic rings. The Bertz CT molecular complexity index is 332. The zero-order chi connectivity index (χ0) is 13.3. The van der Waals surface area contributed by atoms with Crippen molar-refractivity contribution in [1.82, 2.24) is 4.90 Å². The van der Waals surface area contributed by atoms with Crippen LogP contribution in [0.15, 0.2) is 30.3 Å². The summed E-state index contributed by atoms with van der Waals surface area (Å²) in [5, 5.41) is 0. The summed E-state index contributed by atoms with van der Waals surface area (Å²) < 4.78 is 6.20. The molecule has 106 valence electrons. The Kier molecular flexibility index (Phi) is 6.38. The fourth-order valence-electron chi connectivity index (χ4n) is 2.69. The van der Waals surface area contributed by atoms with Crippen LogP contribution in [0.5, 0.6) is 0 Å². The quantitative estimate of drug-likeness (QED) is 0.722. The summed E-state index contributed by atoms with van der Waals surface area (Å²) in [6, 6.07) is 10.7. The summed E-state index contributed by atoms with van der Waals surface area (Å²) in [4.78, 5) is 2.45. The monoisotopic (exact) mass is 261 g/mol. The molecule has 1 heterocycles. The molecular weight excluding hydrogens is 234 g/mol. The highest BCUT2D eigenvalue weighted by Gasteiger charge is 2.15. The van der Waals surface area contributed by atoms with E-state index in [4.69, 9.17) is 4.74 Å². The fourth-order valence-corrected chi connectivity index (χ4v) is 2.69. The molecule has 2 rings (SSSR count). The maximum Gasteiger partial charge on any atom is 0.0998 e. The molecular formula is C17H27NO. The van der Waals surface area contributed by atoms with Gasteiger partial charge in [0.1, 0.15) is 0 Å². The summed E-state index contributed by atoms with van der Waals surface area (Å²) in [6.45, 7) is 5.44. The molecule has 0 N–H and O–H groups in total. The summed E-state index contributed by atoms with van der Waals surface area (Å²) in [7, 11) is 0. The number of piperidine rings is 1. The Balaban J connectivity index is 1.86. The predicted molar refractivity (Wildman–Crippen MR) is 80.1 cm³/mol. The first-order chi connectivity index (χ1) is 9.40. The normalized spacial score (nSPS) is 18.4. The average molecular weight is 261 g/mol. The van der Waals surface area contributed by atoms with E-state index in [0.29, 0.717) is 0 Å². The molecule has 0 aliphatic carbocycles. The Morgan fingerprint density at radius 1 is 1.11 bits per heavy atom. The molecule has 1 aliphatic rings. The molecule has 2 nitrogen and oxygen atoms in total. The van der Waals surface area contributed by atoms with Crippen molar-refractivity contribution in [1.29, 1.82) is 0 Å². The summed E-state index contributed by atoms with van der Waals surface area (Å²) >= 11 is 0. The average Bonchev–Trinajstić information content (AvgIpc) is 2.49. The standard InChI is InChI=1S/C17H27NO/c1-2-3-12-17(16-10-6-4-7-11-16)19-15-18-13-8-5-9-14-18/h4,6-7,10-11,17H,2-3,5,8-9,12-15H2,1H3. The first kappa shape index (κ1) is 14.5. The van der Waals surface area contributed by atoms with Crippen LogP contribution in [0.25, 0.3) is 0 Å². The highest BCUT2D eigenvalue weighted by molar-refractivity contribution is 5.17. The van der Waals surface area contributed by atoms with Gasteiger partial charge in [0.25, 0.3) is 0 Å². The third-order valence-corrected chi connectivity index (χ3v) is 3.90. The fraction of sp³-hybridized carbons (Fsp3) is 0.647. The molecule has 0 aromatic heterocycles. The molecule has 0 spiro atoms. The molecule has 1 unspecified atom stereocenters. The van der Waals surface area contributed by atoms with Gasteiger partial charge in [0.05, 0.1) is 12.8 Å². The summed E-state index contributed by atoms with van der Waals surface area (Å²) in [5.74, 6) is 0. The van der Waals surface area contributed by atoms with E-state index in [9.17, 15) is 0 Å². The zero-order valence-corrected chi connectivity index (χ0v) is 12.2. The van der Waals surface area contributed by atoms with Crippen molar-refractivity contribution in [2.75, 3.05) is 19.8 Å². The maximum absolute atomic E-state index is 6.20. The molecule has 19 heavy (non-hydrogen) atoms. The van der Waals surface area contributed by atoms with Gasteiger partial charge in [-0.1, -0.05) is 56.5 Å². The minimum atomic E-state index is 0.267. The number of hydrogen-bond donors (Lipinski definition) is 0. The van der Waals surface area contributed by atoms with E-state index in [0.717, 1.165) is 13.2 Å². The van der Waals surface area contributed by atoms with Gasteiger partial charge < -0.3 is 4.74 Å². The van der Waals surface area contributed by atoms with Gasteiger partial charge in [-0.15, -0.1) is 0 Å². The molecule has 1 fully saturated rings. The van der Waals surface area contributed by atoms with E-state index >= 15 is 0 Å². The third kappa shape index (κ3) is 4.96. The van der Waals surface area contributed by atoms with Crippen molar-refractivity contribution in [3.05, 3.63) is 35.9 Å². The molecule has 0 saturated carbocycles. The maximum atomic E-state index is 6.20. The lowest BCUT2D eigenvalue weighted by Gasteiger charge is -2.28.